The number of fused-ring (bicyclic) bond motifs is 5. The molecule has 4 saturated carbocycles. The number of hydrogen-bond donors (Lipinski definition) is 0. The van der Waals surface area contributed by atoms with Crippen LogP contribution in [0.3, 0.4) is 0 Å². The van der Waals surface area contributed by atoms with E-state index in [4.69, 9.17) is 0 Å². The van der Waals surface area contributed by atoms with Crippen molar-refractivity contribution in [2.24, 2.45) is 40.4 Å². The number of hydrogen-bond acceptors (Lipinski definition) is 1. The zero-order chi connectivity index (χ0) is 18.7. The topological polar surface area (TPSA) is 3.24 Å². The number of rotatable bonds is 3. The Labute approximate surface area is 163 Å². The first-order valence-corrected chi connectivity index (χ1v) is 12.0. The lowest BCUT2D eigenvalue weighted by Crippen LogP contribution is -2.55. The Morgan fingerprint density at radius 2 is 1.58 bits per heavy atom. The van der Waals surface area contributed by atoms with Crippen molar-refractivity contribution in [3.05, 3.63) is 0 Å². The van der Waals surface area contributed by atoms with Crippen LogP contribution in [0.4, 0.5) is 0 Å². The first-order chi connectivity index (χ1) is 12.3. The molecule has 0 amide bonds. The molecule has 0 spiro atoms. The van der Waals surface area contributed by atoms with Gasteiger partial charge in [0.25, 0.3) is 0 Å². The van der Waals surface area contributed by atoms with Gasteiger partial charge < -0.3 is 4.90 Å². The summed E-state index contributed by atoms with van der Waals surface area (Å²) in [5, 5.41) is 0. The maximum atomic E-state index is 2.73. The molecule has 0 saturated heterocycles. The highest BCUT2D eigenvalue weighted by Gasteiger charge is 2.59. The van der Waals surface area contributed by atoms with Crippen LogP contribution in [0.15, 0.2) is 0 Å². The van der Waals surface area contributed by atoms with Crippen molar-refractivity contribution in [3.63, 3.8) is 0 Å². The fraction of sp³-hybridized carbons (Fsp3) is 1.00. The molecular weight excluding hydrogens is 314 g/mol. The van der Waals surface area contributed by atoms with Gasteiger partial charge in [0.2, 0.25) is 0 Å². The summed E-state index contributed by atoms with van der Waals surface area (Å²) in [4.78, 5) is 2.67. The second-order valence-electron chi connectivity index (χ2n) is 11.6. The average Bonchev–Trinajstić information content (AvgIpc) is 2.96. The minimum absolute atomic E-state index is 0.656. The summed E-state index contributed by atoms with van der Waals surface area (Å²) in [6.45, 7) is 12.6. The summed E-state index contributed by atoms with van der Waals surface area (Å²) in [7, 11) is 2.37. The van der Waals surface area contributed by atoms with Gasteiger partial charge in [0, 0.05) is 12.1 Å². The third-order valence-electron chi connectivity index (χ3n) is 10.7. The van der Waals surface area contributed by atoms with Crippen LogP contribution in [0.2, 0.25) is 0 Å². The molecule has 0 aromatic heterocycles. The molecule has 4 unspecified atom stereocenters. The zero-order valence-corrected chi connectivity index (χ0v) is 18.6. The van der Waals surface area contributed by atoms with Crippen LogP contribution < -0.4 is 0 Å². The molecule has 0 aromatic rings. The molecule has 0 bridgehead atoms. The normalized spacial score (nSPS) is 51.2. The SMILES string of the molecule is CC[C@H]1CCC2C3CCC4C[C@@H](N(C)C(C)C)CC[C@]4(C)C3CC[C@@]21C. The van der Waals surface area contributed by atoms with E-state index in [1.807, 2.05) is 0 Å². The van der Waals surface area contributed by atoms with E-state index in [1.54, 1.807) is 19.3 Å². The molecule has 0 radical (unpaired) electrons. The molecule has 1 heteroatoms. The molecule has 0 aromatic carbocycles. The van der Waals surface area contributed by atoms with Crippen LogP contribution in [0.25, 0.3) is 0 Å². The predicted molar refractivity (Wildman–Crippen MR) is 112 cm³/mol. The van der Waals surface area contributed by atoms with Gasteiger partial charge in [-0.25, -0.2) is 0 Å². The van der Waals surface area contributed by atoms with Gasteiger partial charge in [-0.2, -0.15) is 0 Å². The molecule has 26 heavy (non-hydrogen) atoms. The summed E-state index contributed by atoms with van der Waals surface area (Å²) in [5.41, 5.74) is 1.34. The molecule has 4 aliphatic rings. The van der Waals surface area contributed by atoms with Gasteiger partial charge in [-0.1, -0.05) is 27.2 Å². The first kappa shape index (κ1) is 19.3. The van der Waals surface area contributed by atoms with Crippen LogP contribution in [0.5, 0.6) is 0 Å². The highest BCUT2D eigenvalue weighted by Crippen LogP contribution is 2.67. The van der Waals surface area contributed by atoms with E-state index < -0.39 is 0 Å². The standard InChI is InChI=1S/C25H45N/c1-7-18-9-11-22-21-10-8-19-16-20(26(6)17(2)3)12-14-25(19,5)23(21)13-15-24(18,22)4/h17-23H,7-16H2,1-6H3/t18-,19?,20-,21?,22?,23?,24+,25-/m0/s1. The first-order valence-electron chi connectivity index (χ1n) is 12.0. The van der Waals surface area contributed by atoms with E-state index in [0.29, 0.717) is 16.9 Å². The number of nitrogens with zero attached hydrogens (tertiary/aromatic N) is 1. The Balaban J connectivity index is 1.52. The van der Waals surface area contributed by atoms with E-state index in [9.17, 15) is 0 Å². The molecule has 4 fully saturated rings. The Kier molecular flexibility index (Phi) is 5.03. The summed E-state index contributed by atoms with van der Waals surface area (Å²) in [6, 6.07) is 1.54. The second-order valence-corrected chi connectivity index (χ2v) is 11.6. The maximum absolute atomic E-state index is 2.73. The van der Waals surface area contributed by atoms with Crippen molar-refractivity contribution in [1.29, 1.82) is 0 Å². The highest BCUT2D eigenvalue weighted by atomic mass is 15.1. The zero-order valence-electron chi connectivity index (χ0n) is 18.6. The van der Waals surface area contributed by atoms with Crippen LogP contribution in [-0.4, -0.2) is 24.0 Å². The highest BCUT2D eigenvalue weighted by molar-refractivity contribution is 5.09. The molecule has 0 N–H and O–H groups in total. The molecular formula is C25H45N. The molecule has 1 nitrogen and oxygen atoms in total. The van der Waals surface area contributed by atoms with Crippen LogP contribution in [-0.2, 0) is 0 Å². The molecule has 150 valence electrons. The van der Waals surface area contributed by atoms with Crippen molar-refractivity contribution in [2.45, 2.75) is 111 Å². The molecule has 4 rings (SSSR count). The summed E-state index contributed by atoms with van der Waals surface area (Å²) in [6.07, 6.45) is 15.1. The van der Waals surface area contributed by atoms with E-state index in [0.717, 1.165) is 35.6 Å². The second kappa shape index (κ2) is 6.78. The van der Waals surface area contributed by atoms with Gasteiger partial charge in [0.05, 0.1) is 0 Å². The van der Waals surface area contributed by atoms with Crippen LogP contribution in [0, 0.1) is 40.4 Å². The van der Waals surface area contributed by atoms with Crippen molar-refractivity contribution < 1.29 is 0 Å². The molecule has 0 aliphatic heterocycles. The Hall–Kier alpha value is -0.0400. The fourth-order valence-corrected chi connectivity index (χ4v) is 8.81. The largest absolute Gasteiger partial charge is 0.301 e. The van der Waals surface area contributed by atoms with Crippen LogP contribution >= 0.6 is 0 Å². The monoisotopic (exact) mass is 359 g/mol. The van der Waals surface area contributed by atoms with E-state index in [1.165, 1.54) is 44.9 Å². The Bertz CT molecular complexity index is 512. The smallest absolute Gasteiger partial charge is 0.00979 e. The minimum atomic E-state index is 0.656. The van der Waals surface area contributed by atoms with Gasteiger partial charge in [0.1, 0.15) is 0 Å². The van der Waals surface area contributed by atoms with Crippen molar-refractivity contribution >= 4 is 0 Å². The quantitative estimate of drug-likeness (QED) is 0.538. The van der Waals surface area contributed by atoms with Crippen molar-refractivity contribution in [1.82, 2.24) is 4.90 Å². The summed E-state index contributed by atoms with van der Waals surface area (Å²) in [5.74, 6) is 5.18. The predicted octanol–water partition coefficient (Wildman–Crippen LogP) is 6.76. The third kappa shape index (κ3) is 2.73. The third-order valence-corrected chi connectivity index (χ3v) is 10.7. The summed E-state index contributed by atoms with van der Waals surface area (Å²) < 4.78 is 0. The minimum Gasteiger partial charge on any atom is -0.301 e. The lowest BCUT2D eigenvalue weighted by atomic mass is 9.44. The van der Waals surface area contributed by atoms with Gasteiger partial charge in [-0.3, -0.25) is 0 Å². The lowest BCUT2D eigenvalue weighted by molar-refractivity contribution is -0.121. The van der Waals surface area contributed by atoms with E-state index >= 15 is 0 Å². The summed E-state index contributed by atoms with van der Waals surface area (Å²) >= 11 is 0. The molecule has 0 heterocycles. The van der Waals surface area contributed by atoms with Gasteiger partial charge in [-0.05, 0) is 119 Å². The van der Waals surface area contributed by atoms with Crippen LogP contribution in [0.1, 0.15) is 98.8 Å². The van der Waals surface area contributed by atoms with Gasteiger partial charge in [-0.15, -0.1) is 0 Å². The molecule has 8 atom stereocenters. The van der Waals surface area contributed by atoms with E-state index in [-0.39, 0.29) is 0 Å². The van der Waals surface area contributed by atoms with Gasteiger partial charge in [0.15, 0.2) is 0 Å². The van der Waals surface area contributed by atoms with Crippen molar-refractivity contribution in [2.75, 3.05) is 7.05 Å². The fourth-order valence-electron chi connectivity index (χ4n) is 8.81. The van der Waals surface area contributed by atoms with Crippen molar-refractivity contribution in [3.8, 4) is 0 Å². The lowest BCUT2D eigenvalue weighted by Gasteiger charge is -2.61. The average molecular weight is 360 g/mol. The van der Waals surface area contributed by atoms with Gasteiger partial charge >= 0.3 is 0 Å². The Morgan fingerprint density at radius 3 is 2.27 bits per heavy atom. The molecule has 4 aliphatic carbocycles. The Morgan fingerprint density at radius 1 is 0.885 bits per heavy atom. The van der Waals surface area contributed by atoms with E-state index in [2.05, 4.69) is 46.6 Å². The maximum Gasteiger partial charge on any atom is 0.00979 e.